The van der Waals surface area contributed by atoms with E-state index in [0.29, 0.717) is 6.42 Å². The average molecular weight is 758 g/mol. The highest BCUT2D eigenvalue weighted by Crippen LogP contribution is 2.43. The van der Waals surface area contributed by atoms with Crippen molar-refractivity contribution in [1.29, 1.82) is 0 Å². The van der Waals surface area contributed by atoms with Crippen LogP contribution in [-0.4, -0.2) is 43.3 Å². The molecule has 0 radical (unpaired) electrons. The Bertz CT molecular complexity index is 853. The van der Waals surface area contributed by atoms with Crippen LogP contribution >= 0.6 is 7.82 Å². The van der Waals surface area contributed by atoms with E-state index in [0.717, 1.165) is 44.9 Å². The molecule has 0 aromatic heterocycles. The predicted molar refractivity (Wildman–Crippen MR) is 219 cm³/mol. The van der Waals surface area contributed by atoms with E-state index in [-0.39, 0.29) is 32.3 Å². The van der Waals surface area contributed by atoms with Crippen LogP contribution in [0.1, 0.15) is 213 Å². The molecule has 0 fully saturated rings. The molecule has 0 aliphatic rings. The number of nitrogens with two attached hydrogens (primary N) is 1. The van der Waals surface area contributed by atoms with E-state index in [9.17, 15) is 14.3 Å². The van der Waals surface area contributed by atoms with Crippen LogP contribution in [0.2, 0.25) is 0 Å². The average Bonchev–Trinajstić information content (AvgIpc) is 3.14. The normalized spacial score (nSPS) is 13.6. The number of phosphoric ester groups is 1. The van der Waals surface area contributed by atoms with Gasteiger partial charge in [0, 0.05) is 13.0 Å². The number of ether oxygens (including phenoxy) is 2. The molecule has 0 spiro atoms. The van der Waals surface area contributed by atoms with Crippen LogP contribution in [0.3, 0.4) is 0 Å². The van der Waals surface area contributed by atoms with Crippen molar-refractivity contribution in [3.63, 3.8) is 0 Å². The third kappa shape index (κ3) is 40.0. The van der Waals surface area contributed by atoms with Crippen molar-refractivity contribution >= 4 is 13.8 Å². The van der Waals surface area contributed by atoms with Gasteiger partial charge in [-0.3, -0.25) is 13.8 Å². The van der Waals surface area contributed by atoms with Gasteiger partial charge >= 0.3 is 13.8 Å². The summed E-state index contributed by atoms with van der Waals surface area (Å²) in [5, 5.41) is 0. The summed E-state index contributed by atoms with van der Waals surface area (Å²) >= 11 is 0. The second kappa shape index (κ2) is 41.0. The molecule has 0 rings (SSSR count). The monoisotopic (exact) mass is 758 g/mol. The van der Waals surface area contributed by atoms with E-state index >= 15 is 0 Å². The van der Waals surface area contributed by atoms with E-state index in [1.165, 1.54) is 148 Å². The van der Waals surface area contributed by atoms with Crippen molar-refractivity contribution in [2.24, 2.45) is 5.73 Å². The molecule has 0 aromatic carbocycles. The van der Waals surface area contributed by atoms with Gasteiger partial charge in [0.2, 0.25) is 0 Å². The third-order valence-corrected chi connectivity index (χ3v) is 10.4. The van der Waals surface area contributed by atoms with Crippen LogP contribution in [0, 0.1) is 0 Å². The highest BCUT2D eigenvalue weighted by Gasteiger charge is 2.24. The Hall–Kier alpha value is -1.18. The lowest BCUT2D eigenvalue weighted by molar-refractivity contribution is -0.147. The minimum atomic E-state index is -4.27. The van der Waals surface area contributed by atoms with Gasteiger partial charge in [0.25, 0.3) is 0 Å². The quantitative estimate of drug-likeness (QED) is 0.0208. The molecule has 3 N–H and O–H groups in total. The summed E-state index contributed by atoms with van der Waals surface area (Å²) in [6.07, 6.45) is 45.8. The number of phosphoric acid groups is 1. The van der Waals surface area contributed by atoms with Crippen molar-refractivity contribution in [3.05, 3.63) is 24.5 Å². The van der Waals surface area contributed by atoms with Gasteiger partial charge in [-0.25, -0.2) is 4.57 Å². The summed E-state index contributed by atoms with van der Waals surface area (Å²) in [5.74, 6) is -0.289. The SMILES string of the molecule is CCCCCCCC/C=C\CCCCCC/C=C\O[C@H](COC(=O)CCCCCCCCCCCCCCCCCCC)COP(=O)(O)OCCN. The van der Waals surface area contributed by atoms with Crippen LogP contribution in [-0.2, 0) is 27.9 Å². The lowest BCUT2D eigenvalue weighted by Gasteiger charge is -2.19. The number of hydrogen-bond donors (Lipinski definition) is 2. The molecular weight excluding hydrogens is 673 g/mol. The standard InChI is InChI=1S/C43H84NO7P/c1-3-5-7-9-11-13-15-17-19-21-22-24-26-28-30-32-34-36-43(45)49-40-42(41-51-52(46,47)50-39-37-44)48-38-35-33-31-29-27-25-23-20-18-16-14-12-10-8-6-4-2/h18,20,35,38,42H,3-17,19,21-34,36-37,39-41,44H2,1-2H3,(H,46,47)/b20-18-,38-35-/t42-/m1/s1. The maximum atomic E-state index is 12.4. The Morgan fingerprint density at radius 3 is 1.42 bits per heavy atom. The van der Waals surface area contributed by atoms with E-state index in [2.05, 4.69) is 26.0 Å². The van der Waals surface area contributed by atoms with Crippen molar-refractivity contribution in [2.45, 2.75) is 219 Å². The molecule has 0 saturated heterocycles. The zero-order valence-corrected chi connectivity index (χ0v) is 35.0. The third-order valence-electron chi connectivity index (χ3n) is 9.46. The Morgan fingerprint density at radius 1 is 0.577 bits per heavy atom. The van der Waals surface area contributed by atoms with Gasteiger partial charge in [-0.1, -0.05) is 174 Å². The minimum Gasteiger partial charge on any atom is -0.492 e. The summed E-state index contributed by atoms with van der Waals surface area (Å²) < 4.78 is 33.2. The second-order valence-electron chi connectivity index (χ2n) is 14.6. The van der Waals surface area contributed by atoms with Crippen LogP contribution in [0.15, 0.2) is 24.5 Å². The highest BCUT2D eigenvalue weighted by atomic mass is 31.2. The fraction of sp³-hybridized carbons (Fsp3) is 0.884. The van der Waals surface area contributed by atoms with Crippen LogP contribution in [0.5, 0.6) is 0 Å². The fourth-order valence-electron chi connectivity index (χ4n) is 6.15. The Kier molecular flexibility index (Phi) is 40.1. The lowest BCUT2D eigenvalue weighted by atomic mass is 10.0. The number of carbonyl (C=O) groups excluding carboxylic acids is 1. The topological polar surface area (TPSA) is 117 Å². The molecule has 1 unspecified atom stereocenters. The van der Waals surface area contributed by atoms with Crippen molar-refractivity contribution in [3.8, 4) is 0 Å². The van der Waals surface area contributed by atoms with Gasteiger partial charge in [0.05, 0.1) is 19.5 Å². The van der Waals surface area contributed by atoms with E-state index < -0.39 is 13.9 Å². The molecular formula is C43H84NO7P. The first-order chi connectivity index (χ1) is 25.4. The number of rotatable bonds is 42. The van der Waals surface area contributed by atoms with Crippen LogP contribution in [0.4, 0.5) is 0 Å². The maximum Gasteiger partial charge on any atom is 0.472 e. The van der Waals surface area contributed by atoms with E-state index in [1.54, 1.807) is 6.26 Å². The van der Waals surface area contributed by atoms with Gasteiger partial charge in [-0.2, -0.15) is 0 Å². The van der Waals surface area contributed by atoms with Gasteiger partial charge in [-0.05, 0) is 51.0 Å². The van der Waals surface area contributed by atoms with Gasteiger partial charge in [0.1, 0.15) is 6.61 Å². The number of esters is 1. The van der Waals surface area contributed by atoms with Crippen molar-refractivity contribution in [1.82, 2.24) is 0 Å². The molecule has 0 bridgehead atoms. The van der Waals surface area contributed by atoms with Gasteiger partial charge in [-0.15, -0.1) is 0 Å². The number of allylic oxidation sites excluding steroid dienone is 3. The zero-order chi connectivity index (χ0) is 38.1. The van der Waals surface area contributed by atoms with Crippen molar-refractivity contribution < 1.29 is 32.8 Å². The molecule has 9 heteroatoms. The largest absolute Gasteiger partial charge is 0.492 e. The highest BCUT2D eigenvalue weighted by molar-refractivity contribution is 7.47. The van der Waals surface area contributed by atoms with E-state index in [1.807, 2.05) is 6.08 Å². The summed E-state index contributed by atoms with van der Waals surface area (Å²) in [6.45, 7) is 4.23. The molecule has 0 amide bonds. The van der Waals surface area contributed by atoms with Crippen LogP contribution in [0.25, 0.3) is 0 Å². The van der Waals surface area contributed by atoms with Gasteiger partial charge in [0.15, 0.2) is 6.10 Å². The first-order valence-corrected chi connectivity index (χ1v) is 23.4. The molecule has 0 aliphatic carbocycles. The minimum absolute atomic E-state index is 0.0641. The summed E-state index contributed by atoms with van der Waals surface area (Å²) in [5.41, 5.74) is 5.36. The molecule has 0 aromatic rings. The number of carbonyl (C=O) groups is 1. The Labute approximate surface area is 321 Å². The lowest BCUT2D eigenvalue weighted by Crippen LogP contribution is -2.25. The fourth-order valence-corrected chi connectivity index (χ4v) is 6.92. The smallest absolute Gasteiger partial charge is 0.472 e. The summed E-state index contributed by atoms with van der Waals surface area (Å²) in [4.78, 5) is 22.3. The van der Waals surface area contributed by atoms with E-state index in [4.69, 9.17) is 24.3 Å². The molecule has 0 heterocycles. The first kappa shape index (κ1) is 50.8. The van der Waals surface area contributed by atoms with Crippen LogP contribution < -0.4 is 5.73 Å². The number of unbranched alkanes of at least 4 members (excludes halogenated alkanes) is 27. The molecule has 2 atom stereocenters. The number of hydrogen-bond acceptors (Lipinski definition) is 7. The Morgan fingerprint density at radius 2 is 0.981 bits per heavy atom. The maximum absolute atomic E-state index is 12.4. The molecule has 52 heavy (non-hydrogen) atoms. The molecule has 0 aliphatic heterocycles. The first-order valence-electron chi connectivity index (χ1n) is 21.9. The summed E-state index contributed by atoms with van der Waals surface area (Å²) in [6, 6.07) is 0. The summed E-state index contributed by atoms with van der Waals surface area (Å²) in [7, 11) is -4.27. The van der Waals surface area contributed by atoms with Crippen molar-refractivity contribution in [2.75, 3.05) is 26.4 Å². The second-order valence-corrected chi connectivity index (χ2v) is 16.1. The zero-order valence-electron chi connectivity index (χ0n) is 34.1. The molecule has 0 saturated carbocycles. The Balaban J connectivity index is 4.05. The molecule has 308 valence electrons. The van der Waals surface area contributed by atoms with Gasteiger partial charge < -0.3 is 20.1 Å². The predicted octanol–water partition coefficient (Wildman–Crippen LogP) is 13.2. The molecule has 8 nitrogen and oxygen atoms in total.